The molecule has 3 heterocycles. The molecule has 0 bridgehead atoms. The van der Waals surface area contributed by atoms with Crippen LogP contribution in [0.2, 0.25) is 0 Å². The lowest BCUT2D eigenvalue weighted by molar-refractivity contribution is -0.0230. The maximum Gasteiger partial charge on any atom is 0.278 e. The van der Waals surface area contributed by atoms with Crippen LogP contribution in [0.1, 0.15) is 66.9 Å². The molecule has 1 aliphatic carbocycles. The second-order valence-electron chi connectivity index (χ2n) is 9.50. The van der Waals surface area contributed by atoms with Crippen molar-refractivity contribution in [3.63, 3.8) is 0 Å². The van der Waals surface area contributed by atoms with Crippen LogP contribution in [0.25, 0.3) is 0 Å². The molecule has 1 aliphatic heterocycles. The van der Waals surface area contributed by atoms with Crippen molar-refractivity contribution in [1.29, 1.82) is 0 Å². The molecule has 35 heavy (non-hydrogen) atoms. The van der Waals surface area contributed by atoms with Gasteiger partial charge in [-0.15, -0.1) is 0 Å². The summed E-state index contributed by atoms with van der Waals surface area (Å²) < 4.78 is 36.8. The molecule has 10 heteroatoms. The molecule has 0 unspecified atom stereocenters. The van der Waals surface area contributed by atoms with Crippen molar-refractivity contribution in [2.45, 2.75) is 70.9 Å². The normalized spacial score (nSPS) is 20.8. The molecule has 1 saturated carbocycles. The lowest BCUT2D eigenvalue weighted by atomic mass is 9.84. The van der Waals surface area contributed by atoms with Gasteiger partial charge in [0.25, 0.3) is 17.0 Å². The average molecular weight is 509 g/mol. The molecule has 0 saturated heterocycles. The summed E-state index contributed by atoms with van der Waals surface area (Å²) in [5, 5.41) is 3.50. The fourth-order valence-corrected chi connectivity index (χ4v) is 5.62. The van der Waals surface area contributed by atoms with Gasteiger partial charge in [0.05, 0.1) is 12.3 Å². The standard InChI is InChI=1S/C25H34F2N4O3S/c1-3-33-23-19(5-4-12-28-23)22(32)29-18-8-6-17(7-9-18)10-13-31-14-11-21-20(15-31)30-24(35-21)34-16-25(2,26)27/h4-5,12,17-18H,3,6-11,13-16H2,1-2H3,(H,29,32). The van der Waals surface area contributed by atoms with Gasteiger partial charge in [0.15, 0.2) is 6.61 Å². The molecule has 0 radical (unpaired) electrons. The molecule has 4 rings (SSSR count). The molecule has 2 aromatic rings. The monoisotopic (exact) mass is 508 g/mol. The highest BCUT2D eigenvalue weighted by Gasteiger charge is 2.27. The first kappa shape index (κ1) is 25.8. The number of aromatic nitrogens is 2. The summed E-state index contributed by atoms with van der Waals surface area (Å²) in [6, 6.07) is 3.68. The van der Waals surface area contributed by atoms with Gasteiger partial charge in [0.1, 0.15) is 5.56 Å². The van der Waals surface area contributed by atoms with E-state index >= 15 is 0 Å². The number of rotatable bonds is 10. The van der Waals surface area contributed by atoms with Crippen molar-refractivity contribution in [1.82, 2.24) is 20.2 Å². The number of fused-ring (bicyclic) bond motifs is 1. The Labute approximate surface area is 209 Å². The number of ether oxygens (including phenoxy) is 2. The lowest BCUT2D eigenvalue weighted by Crippen LogP contribution is -2.38. The van der Waals surface area contributed by atoms with Gasteiger partial charge in [0.2, 0.25) is 5.88 Å². The summed E-state index contributed by atoms with van der Waals surface area (Å²) in [4.78, 5) is 24.9. The summed E-state index contributed by atoms with van der Waals surface area (Å²) in [5.74, 6) is -1.95. The molecule has 192 valence electrons. The number of hydrogen-bond donors (Lipinski definition) is 1. The number of alkyl halides is 2. The highest BCUT2D eigenvalue weighted by Crippen LogP contribution is 2.32. The number of nitrogens with one attached hydrogen (secondary N) is 1. The van der Waals surface area contributed by atoms with Crippen molar-refractivity contribution in [2.75, 3.05) is 26.3 Å². The van der Waals surface area contributed by atoms with Crippen LogP contribution >= 0.6 is 11.3 Å². The number of carbonyl (C=O) groups is 1. The molecule has 0 aromatic carbocycles. The SMILES string of the molecule is CCOc1ncccc1C(=O)NC1CCC(CCN2CCc3sc(OCC(C)(F)F)nc3C2)CC1. The first-order chi connectivity index (χ1) is 16.8. The number of thiazole rings is 1. The molecule has 1 N–H and O–H groups in total. The summed E-state index contributed by atoms with van der Waals surface area (Å²) in [6.45, 7) is 5.25. The second-order valence-corrected chi connectivity index (χ2v) is 10.5. The Morgan fingerprint density at radius 3 is 2.83 bits per heavy atom. The van der Waals surface area contributed by atoms with Crippen molar-refractivity contribution >= 4 is 17.2 Å². The van der Waals surface area contributed by atoms with E-state index in [0.717, 1.165) is 75.7 Å². The van der Waals surface area contributed by atoms with E-state index in [4.69, 9.17) is 9.47 Å². The first-order valence-corrected chi connectivity index (χ1v) is 13.2. The van der Waals surface area contributed by atoms with E-state index in [1.54, 1.807) is 18.3 Å². The van der Waals surface area contributed by atoms with Gasteiger partial charge < -0.3 is 14.8 Å². The minimum absolute atomic E-state index is 0.122. The molecule has 0 spiro atoms. The predicted octanol–water partition coefficient (Wildman–Crippen LogP) is 4.71. The number of amides is 1. The Balaban J connectivity index is 1.19. The van der Waals surface area contributed by atoms with E-state index in [1.807, 2.05) is 6.92 Å². The quantitative estimate of drug-likeness (QED) is 0.501. The van der Waals surface area contributed by atoms with E-state index < -0.39 is 12.5 Å². The fourth-order valence-electron chi connectivity index (χ4n) is 4.71. The third-order valence-corrected chi connectivity index (χ3v) is 7.64. The maximum absolute atomic E-state index is 13.1. The molecule has 2 aliphatic rings. The zero-order valence-electron chi connectivity index (χ0n) is 20.4. The van der Waals surface area contributed by atoms with E-state index in [2.05, 4.69) is 20.2 Å². The lowest BCUT2D eigenvalue weighted by Gasteiger charge is -2.32. The zero-order valence-corrected chi connectivity index (χ0v) is 21.2. The summed E-state index contributed by atoms with van der Waals surface area (Å²) in [5.41, 5.74) is 1.45. The number of hydrogen-bond acceptors (Lipinski definition) is 7. The minimum atomic E-state index is -2.86. The number of carbonyl (C=O) groups excluding carboxylic acids is 1. The summed E-state index contributed by atoms with van der Waals surface area (Å²) >= 11 is 1.39. The third-order valence-electron chi connectivity index (χ3n) is 6.57. The van der Waals surface area contributed by atoms with Crippen LogP contribution in [0.4, 0.5) is 8.78 Å². The van der Waals surface area contributed by atoms with Crippen LogP contribution in [0.15, 0.2) is 18.3 Å². The Hall–Kier alpha value is -2.33. The van der Waals surface area contributed by atoms with Gasteiger partial charge in [-0.3, -0.25) is 9.69 Å². The van der Waals surface area contributed by atoms with Crippen LogP contribution in [-0.4, -0.2) is 59.0 Å². The Kier molecular flexibility index (Phi) is 8.54. The third kappa shape index (κ3) is 7.33. The van der Waals surface area contributed by atoms with Crippen LogP contribution < -0.4 is 14.8 Å². The smallest absolute Gasteiger partial charge is 0.278 e. The number of nitrogens with zero attached hydrogens (tertiary/aromatic N) is 3. The van der Waals surface area contributed by atoms with Gasteiger partial charge in [-0.1, -0.05) is 11.3 Å². The molecule has 0 atom stereocenters. The zero-order chi connectivity index (χ0) is 24.8. The van der Waals surface area contributed by atoms with E-state index in [-0.39, 0.29) is 11.9 Å². The Morgan fingerprint density at radius 1 is 1.29 bits per heavy atom. The summed E-state index contributed by atoms with van der Waals surface area (Å²) in [6.07, 6.45) is 7.76. The van der Waals surface area contributed by atoms with Gasteiger partial charge >= 0.3 is 0 Å². The van der Waals surface area contributed by atoms with Crippen LogP contribution in [0.3, 0.4) is 0 Å². The van der Waals surface area contributed by atoms with Crippen molar-refractivity contribution < 1.29 is 23.0 Å². The molecule has 1 fully saturated rings. The van der Waals surface area contributed by atoms with Crippen molar-refractivity contribution in [3.05, 3.63) is 34.5 Å². The second kappa shape index (κ2) is 11.6. The predicted molar refractivity (Wildman–Crippen MR) is 130 cm³/mol. The molecule has 1 amide bonds. The van der Waals surface area contributed by atoms with E-state index in [1.165, 1.54) is 11.3 Å². The molecular weight excluding hydrogens is 474 g/mol. The fraction of sp³-hybridized carbons (Fsp3) is 0.640. The van der Waals surface area contributed by atoms with E-state index in [9.17, 15) is 13.6 Å². The maximum atomic E-state index is 13.1. The van der Waals surface area contributed by atoms with Crippen molar-refractivity contribution in [3.8, 4) is 11.1 Å². The van der Waals surface area contributed by atoms with Crippen LogP contribution in [0, 0.1) is 5.92 Å². The van der Waals surface area contributed by atoms with E-state index in [0.29, 0.717) is 29.2 Å². The minimum Gasteiger partial charge on any atom is -0.477 e. The Morgan fingerprint density at radius 2 is 2.09 bits per heavy atom. The van der Waals surface area contributed by atoms with Gasteiger partial charge in [-0.2, -0.15) is 0 Å². The van der Waals surface area contributed by atoms with Crippen LogP contribution in [0.5, 0.6) is 11.1 Å². The highest BCUT2D eigenvalue weighted by molar-refractivity contribution is 7.13. The van der Waals surface area contributed by atoms with Gasteiger partial charge in [0, 0.05) is 37.1 Å². The van der Waals surface area contributed by atoms with Gasteiger partial charge in [-0.25, -0.2) is 18.7 Å². The average Bonchev–Trinajstić information content (AvgIpc) is 3.25. The van der Waals surface area contributed by atoms with Crippen molar-refractivity contribution in [2.24, 2.45) is 5.92 Å². The van der Waals surface area contributed by atoms with Gasteiger partial charge in [-0.05, 0) is 70.0 Å². The largest absolute Gasteiger partial charge is 0.477 e. The number of halogens is 2. The molecule has 2 aromatic heterocycles. The number of pyridine rings is 1. The highest BCUT2D eigenvalue weighted by atomic mass is 32.1. The van der Waals surface area contributed by atoms with Crippen LogP contribution in [-0.2, 0) is 13.0 Å². The summed E-state index contributed by atoms with van der Waals surface area (Å²) in [7, 11) is 0. The Bertz CT molecular complexity index is 989. The topological polar surface area (TPSA) is 76.6 Å². The molecular formula is C25H34F2N4O3S. The molecule has 7 nitrogen and oxygen atoms in total. The first-order valence-electron chi connectivity index (χ1n) is 12.4.